The van der Waals surface area contributed by atoms with Crippen LogP contribution < -0.4 is 15.1 Å². The maximum atomic E-state index is 12.8. The molecule has 1 aliphatic rings. The summed E-state index contributed by atoms with van der Waals surface area (Å²) < 4.78 is 30.9. The van der Waals surface area contributed by atoms with E-state index in [-0.39, 0.29) is 10.5 Å². The smallest absolute Gasteiger partial charge is 0.288 e. The van der Waals surface area contributed by atoms with Crippen LogP contribution in [0.2, 0.25) is 0 Å². The molecule has 1 amide bonds. The number of nitrogens with one attached hydrogen (secondary N) is 1. The van der Waals surface area contributed by atoms with Crippen LogP contribution in [0.25, 0.3) is 0 Å². The number of aromatic nitrogens is 2. The van der Waals surface area contributed by atoms with Crippen LogP contribution in [-0.4, -0.2) is 62.0 Å². The summed E-state index contributed by atoms with van der Waals surface area (Å²) in [4.78, 5) is 25.6. The van der Waals surface area contributed by atoms with Crippen LogP contribution >= 0.6 is 11.8 Å². The van der Waals surface area contributed by atoms with Gasteiger partial charge in [0.1, 0.15) is 5.69 Å². The monoisotopic (exact) mass is 409 g/mol. The third-order valence-corrected chi connectivity index (χ3v) is 4.86. The fourth-order valence-corrected chi connectivity index (χ4v) is 3.39. The van der Waals surface area contributed by atoms with Gasteiger partial charge < -0.3 is 19.9 Å². The number of nitrogens with zero attached hydrogens (tertiary/aromatic N) is 4. The highest BCUT2D eigenvalue weighted by atomic mass is 32.2. The predicted molar refractivity (Wildman–Crippen MR) is 106 cm³/mol. The molecule has 0 spiro atoms. The number of amides is 1. The van der Waals surface area contributed by atoms with Crippen molar-refractivity contribution in [3.63, 3.8) is 0 Å². The first kappa shape index (κ1) is 20.3. The first-order chi connectivity index (χ1) is 13.5. The second kappa shape index (κ2) is 9.16. The molecule has 0 aliphatic carbocycles. The van der Waals surface area contributed by atoms with Crippen LogP contribution in [0.15, 0.2) is 35.4 Å². The quantitative estimate of drug-likeness (QED) is 0.736. The van der Waals surface area contributed by atoms with E-state index in [4.69, 9.17) is 4.74 Å². The molecule has 7 nitrogen and oxygen atoms in total. The van der Waals surface area contributed by atoms with Crippen molar-refractivity contribution in [2.45, 2.75) is 10.7 Å². The van der Waals surface area contributed by atoms with Gasteiger partial charge in [0.25, 0.3) is 11.7 Å². The Kier molecular flexibility index (Phi) is 6.63. The Morgan fingerprint density at radius 1 is 1.29 bits per heavy atom. The van der Waals surface area contributed by atoms with Gasteiger partial charge in [-0.25, -0.2) is 4.98 Å². The lowest BCUT2D eigenvalue weighted by molar-refractivity contribution is 0.102. The number of carbonyl (C=O) groups excluding carboxylic acids is 1. The molecule has 1 fully saturated rings. The van der Waals surface area contributed by atoms with E-state index in [2.05, 4.69) is 15.3 Å². The zero-order valence-corrected chi connectivity index (χ0v) is 16.4. The topological polar surface area (TPSA) is 70.6 Å². The van der Waals surface area contributed by atoms with Crippen LogP contribution in [0, 0.1) is 0 Å². The van der Waals surface area contributed by atoms with Gasteiger partial charge in [0, 0.05) is 32.1 Å². The number of halogens is 2. The van der Waals surface area contributed by atoms with Gasteiger partial charge in [0.2, 0.25) is 5.95 Å². The summed E-state index contributed by atoms with van der Waals surface area (Å²) in [5.41, 5.74) is 0.582. The molecule has 0 saturated carbocycles. The molecule has 0 atom stereocenters. The largest absolute Gasteiger partial charge is 0.378 e. The number of rotatable bonds is 6. The van der Waals surface area contributed by atoms with Crippen molar-refractivity contribution >= 4 is 35.1 Å². The molecule has 10 heteroatoms. The summed E-state index contributed by atoms with van der Waals surface area (Å²) in [5, 5.41) is 2.74. The van der Waals surface area contributed by atoms with Crippen LogP contribution in [0.1, 0.15) is 10.4 Å². The van der Waals surface area contributed by atoms with Gasteiger partial charge >= 0.3 is 0 Å². The number of morpholine rings is 1. The van der Waals surface area contributed by atoms with Crippen molar-refractivity contribution in [2.75, 3.05) is 55.5 Å². The molecule has 3 rings (SSSR count). The molecule has 1 aliphatic heterocycles. The van der Waals surface area contributed by atoms with Gasteiger partial charge in [0.05, 0.1) is 25.0 Å². The average Bonchev–Trinajstić information content (AvgIpc) is 2.68. The maximum absolute atomic E-state index is 12.8. The molecule has 150 valence electrons. The van der Waals surface area contributed by atoms with E-state index in [1.54, 1.807) is 17.0 Å². The van der Waals surface area contributed by atoms with Crippen molar-refractivity contribution < 1.29 is 18.3 Å². The molecular weight excluding hydrogens is 388 g/mol. The lowest BCUT2D eigenvalue weighted by Gasteiger charge is -2.28. The Hall–Kier alpha value is -2.46. The highest BCUT2D eigenvalue weighted by Gasteiger charge is 2.20. The molecule has 1 N–H and O–H groups in total. The molecule has 0 bridgehead atoms. The molecule has 28 heavy (non-hydrogen) atoms. The number of hydrogen-bond acceptors (Lipinski definition) is 7. The summed E-state index contributed by atoms with van der Waals surface area (Å²) in [6.07, 6.45) is 1.54. The minimum absolute atomic E-state index is 0.176. The molecule has 2 heterocycles. The summed E-state index contributed by atoms with van der Waals surface area (Å²) >= 11 is 0.341. The second-order valence-corrected chi connectivity index (χ2v) is 7.26. The van der Waals surface area contributed by atoms with E-state index in [9.17, 15) is 13.6 Å². The minimum Gasteiger partial charge on any atom is -0.378 e. The fraction of sp³-hybridized carbons (Fsp3) is 0.389. The normalized spacial score (nSPS) is 14.2. The van der Waals surface area contributed by atoms with E-state index >= 15 is 0 Å². The molecule has 0 radical (unpaired) electrons. The Bertz CT molecular complexity index is 831. The summed E-state index contributed by atoms with van der Waals surface area (Å²) in [6, 6.07) is 6.26. The van der Waals surface area contributed by atoms with E-state index in [1.807, 2.05) is 19.0 Å². The number of hydrogen-bond donors (Lipinski definition) is 1. The first-order valence-electron chi connectivity index (χ1n) is 8.68. The van der Waals surface area contributed by atoms with Gasteiger partial charge in [-0.3, -0.25) is 4.79 Å². The van der Waals surface area contributed by atoms with Crippen LogP contribution in [0.4, 0.5) is 26.2 Å². The number of carbonyl (C=O) groups is 1. The van der Waals surface area contributed by atoms with Gasteiger partial charge in [-0.1, -0.05) is 23.9 Å². The fourth-order valence-electron chi connectivity index (χ4n) is 2.75. The molecule has 2 aromatic rings. The van der Waals surface area contributed by atoms with Crippen LogP contribution in [0.5, 0.6) is 0 Å². The standard InChI is InChI=1S/C18H21F2N5O2S/c1-24(2)15-13(11-21-18(23-15)25-7-9-27-10-8-25)22-16(26)12-5-3-4-6-14(12)28-17(19)20/h3-6,11,17H,7-10H2,1-2H3,(H,22,26). The zero-order valence-electron chi connectivity index (χ0n) is 15.6. The van der Waals surface area contributed by atoms with Gasteiger partial charge in [0.15, 0.2) is 5.82 Å². The van der Waals surface area contributed by atoms with Gasteiger partial charge in [-0.05, 0) is 12.1 Å². The molecular formula is C18H21F2N5O2S. The average molecular weight is 409 g/mol. The summed E-state index contributed by atoms with van der Waals surface area (Å²) in [5.74, 6) is -2.01. The van der Waals surface area contributed by atoms with Crippen LogP contribution in [0.3, 0.4) is 0 Å². The second-order valence-electron chi connectivity index (χ2n) is 6.23. The van der Waals surface area contributed by atoms with Crippen molar-refractivity contribution in [1.29, 1.82) is 0 Å². The molecule has 1 aromatic heterocycles. The summed E-state index contributed by atoms with van der Waals surface area (Å²) in [6.45, 7) is 2.60. The highest BCUT2D eigenvalue weighted by Crippen LogP contribution is 2.30. The lowest BCUT2D eigenvalue weighted by atomic mass is 10.2. The third kappa shape index (κ3) is 4.87. The maximum Gasteiger partial charge on any atom is 0.288 e. The number of thioether (sulfide) groups is 1. The molecule has 0 unspecified atom stereocenters. The lowest BCUT2D eigenvalue weighted by Crippen LogP contribution is -2.37. The Morgan fingerprint density at radius 3 is 2.68 bits per heavy atom. The van der Waals surface area contributed by atoms with Crippen molar-refractivity contribution in [1.82, 2.24) is 9.97 Å². The van der Waals surface area contributed by atoms with Crippen molar-refractivity contribution in [3.05, 3.63) is 36.0 Å². The zero-order chi connectivity index (χ0) is 20.1. The van der Waals surface area contributed by atoms with E-state index < -0.39 is 11.7 Å². The molecule has 1 saturated heterocycles. The van der Waals surface area contributed by atoms with Gasteiger partial charge in [-0.15, -0.1) is 0 Å². The number of alkyl halides is 2. The predicted octanol–water partition coefficient (Wildman–Crippen LogP) is 2.95. The minimum atomic E-state index is -2.61. The Labute approximate surface area is 166 Å². The third-order valence-electron chi connectivity index (χ3n) is 4.07. The van der Waals surface area contributed by atoms with E-state index in [1.165, 1.54) is 18.3 Å². The first-order valence-corrected chi connectivity index (χ1v) is 9.56. The van der Waals surface area contributed by atoms with E-state index in [0.717, 1.165) is 0 Å². The van der Waals surface area contributed by atoms with Gasteiger partial charge in [-0.2, -0.15) is 13.8 Å². The van der Waals surface area contributed by atoms with E-state index in [0.29, 0.717) is 55.5 Å². The Morgan fingerprint density at radius 2 is 2.00 bits per heavy atom. The summed E-state index contributed by atoms with van der Waals surface area (Å²) in [7, 11) is 3.61. The molecule has 1 aromatic carbocycles. The number of benzene rings is 1. The van der Waals surface area contributed by atoms with Crippen molar-refractivity contribution in [2.24, 2.45) is 0 Å². The highest BCUT2D eigenvalue weighted by molar-refractivity contribution is 7.99. The Balaban J connectivity index is 1.84. The number of anilines is 3. The van der Waals surface area contributed by atoms with Crippen molar-refractivity contribution in [3.8, 4) is 0 Å². The number of ether oxygens (including phenoxy) is 1. The SMILES string of the molecule is CN(C)c1nc(N2CCOCC2)ncc1NC(=O)c1ccccc1SC(F)F. The van der Waals surface area contributed by atoms with Crippen LogP contribution in [-0.2, 0) is 4.74 Å².